The molecule has 0 unspecified atom stereocenters. The number of hydrogen-bond donors (Lipinski definition) is 2. The van der Waals surface area contributed by atoms with Crippen molar-refractivity contribution in [1.29, 1.82) is 0 Å². The van der Waals surface area contributed by atoms with E-state index < -0.39 is 7.12 Å². The molecule has 2 N–H and O–H groups in total. The van der Waals surface area contributed by atoms with E-state index in [1.165, 1.54) is 55.6 Å². The number of rotatable bonds is 3. The quantitative estimate of drug-likeness (QED) is 0.136. The first-order valence-electron chi connectivity index (χ1n) is 23.2. The first-order valence-corrected chi connectivity index (χ1v) is 24.8. The molecule has 15 rings (SSSR count). The zero-order valence-electron chi connectivity index (χ0n) is 38.4. The molecule has 0 aliphatic heterocycles. The summed E-state index contributed by atoms with van der Waals surface area (Å²) in [6.07, 6.45) is 2.01. The Balaban J connectivity index is 0.000000132. The molecule has 0 radical (unpaired) electrons. The van der Waals surface area contributed by atoms with Gasteiger partial charge in [0.05, 0.1) is 0 Å². The molecule has 0 amide bonds. The number of furan rings is 3. The number of halogens is 2. The van der Waals surface area contributed by atoms with Crippen LogP contribution in [0.4, 0.5) is 0 Å². The molecule has 0 saturated heterocycles. The third kappa shape index (κ3) is 7.79. The lowest BCUT2D eigenvalue weighted by atomic mass is 9.79. The van der Waals surface area contributed by atoms with Crippen LogP contribution in [0.2, 0.25) is 0 Å². The van der Waals surface area contributed by atoms with Crippen molar-refractivity contribution in [3.8, 4) is 44.5 Å². The van der Waals surface area contributed by atoms with Crippen molar-refractivity contribution in [3.05, 3.63) is 239 Å². The molecule has 342 valence electrons. The van der Waals surface area contributed by atoms with Crippen molar-refractivity contribution in [1.82, 2.24) is 0 Å². The minimum atomic E-state index is -1.51. The fourth-order valence-electron chi connectivity index (χ4n) is 10.5. The van der Waals surface area contributed by atoms with Gasteiger partial charge in [0.1, 0.15) is 33.5 Å². The minimum Gasteiger partial charge on any atom is -0.456 e. The monoisotopic (exact) mass is 1050 g/mol. The van der Waals surface area contributed by atoms with Gasteiger partial charge >= 0.3 is 7.12 Å². The highest BCUT2D eigenvalue weighted by molar-refractivity contribution is 9.10. The molecule has 8 heteroatoms. The van der Waals surface area contributed by atoms with Crippen molar-refractivity contribution in [2.24, 2.45) is 0 Å². The number of para-hydroxylation sites is 6. The molecule has 10 aromatic carbocycles. The maximum Gasteiger partial charge on any atom is 0.492 e. The highest BCUT2D eigenvalue weighted by Crippen LogP contribution is 2.45. The lowest BCUT2D eigenvalue weighted by molar-refractivity contribution is 0.425. The highest BCUT2D eigenvalue weighted by atomic mass is 79.9. The van der Waals surface area contributed by atoms with Crippen molar-refractivity contribution in [2.45, 2.75) is 12.8 Å². The van der Waals surface area contributed by atoms with E-state index in [0.717, 1.165) is 93.1 Å². The second kappa shape index (κ2) is 18.1. The Labute approximate surface area is 427 Å². The van der Waals surface area contributed by atoms with E-state index >= 15 is 0 Å². The molecule has 2 aliphatic carbocycles. The summed E-state index contributed by atoms with van der Waals surface area (Å²) in [4.78, 5) is 0. The van der Waals surface area contributed by atoms with Gasteiger partial charge in [-0.3, -0.25) is 0 Å². The number of hydrogen-bond acceptors (Lipinski definition) is 5. The van der Waals surface area contributed by atoms with Crippen LogP contribution in [0.25, 0.3) is 110 Å². The van der Waals surface area contributed by atoms with Crippen LogP contribution in [0.15, 0.2) is 222 Å². The van der Waals surface area contributed by atoms with E-state index in [1.54, 1.807) is 12.1 Å². The molecule has 3 aromatic heterocycles. The van der Waals surface area contributed by atoms with Gasteiger partial charge in [-0.25, -0.2) is 0 Å². The van der Waals surface area contributed by atoms with Crippen LogP contribution in [0.1, 0.15) is 22.3 Å². The number of fused-ring (bicyclic) bond motifs is 15. The molecule has 71 heavy (non-hydrogen) atoms. The molecule has 0 spiro atoms. The topological polar surface area (TPSA) is 79.9 Å². The van der Waals surface area contributed by atoms with Crippen LogP contribution in [0, 0.1) is 7.43 Å². The third-order valence-corrected chi connectivity index (χ3v) is 14.8. The average molecular weight is 1050 g/mol. The van der Waals surface area contributed by atoms with Crippen LogP contribution in [0.5, 0.6) is 0 Å². The predicted octanol–water partition coefficient (Wildman–Crippen LogP) is 16.9. The molecule has 2 aliphatic rings. The summed E-state index contributed by atoms with van der Waals surface area (Å²) < 4.78 is 20.6. The minimum absolute atomic E-state index is 0. The first-order chi connectivity index (χ1) is 34.3. The van der Waals surface area contributed by atoms with E-state index in [1.807, 2.05) is 54.6 Å². The third-order valence-electron chi connectivity index (χ3n) is 13.8. The molecule has 13 aromatic rings. The largest absolute Gasteiger partial charge is 0.492 e. The van der Waals surface area contributed by atoms with Crippen LogP contribution in [-0.4, -0.2) is 17.2 Å². The average Bonchev–Trinajstić information content (AvgIpc) is 4.22. The molecule has 0 fully saturated rings. The zero-order chi connectivity index (χ0) is 47.0. The Bertz CT molecular complexity index is 4010. The van der Waals surface area contributed by atoms with E-state index in [9.17, 15) is 10.0 Å². The van der Waals surface area contributed by atoms with Gasteiger partial charge in [0, 0.05) is 57.9 Å². The van der Waals surface area contributed by atoms with Crippen LogP contribution < -0.4 is 5.46 Å². The Kier molecular flexibility index (Phi) is 11.4. The lowest BCUT2D eigenvalue weighted by Gasteiger charge is -2.09. The molecule has 5 nitrogen and oxygen atoms in total. The van der Waals surface area contributed by atoms with Gasteiger partial charge in [-0.1, -0.05) is 177 Å². The lowest BCUT2D eigenvalue weighted by Crippen LogP contribution is -2.29. The maximum atomic E-state index is 9.24. The summed E-state index contributed by atoms with van der Waals surface area (Å²) in [5, 5.41) is 25.0. The van der Waals surface area contributed by atoms with Crippen molar-refractivity contribution in [2.75, 3.05) is 0 Å². The van der Waals surface area contributed by atoms with E-state index in [0.29, 0.717) is 11.0 Å². The van der Waals surface area contributed by atoms with Crippen LogP contribution in [0.3, 0.4) is 0 Å². The van der Waals surface area contributed by atoms with E-state index in [-0.39, 0.29) is 7.43 Å². The highest BCUT2D eigenvalue weighted by Gasteiger charge is 2.23. The maximum absolute atomic E-state index is 9.24. The van der Waals surface area contributed by atoms with E-state index in [2.05, 4.69) is 165 Å². The zero-order valence-corrected chi connectivity index (χ0v) is 41.6. The predicted molar refractivity (Wildman–Crippen MR) is 300 cm³/mol. The molecule has 0 saturated carbocycles. The fourth-order valence-corrected chi connectivity index (χ4v) is 11.3. The van der Waals surface area contributed by atoms with Crippen LogP contribution >= 0.6 is 31.9 Å². The molecule has 3 heterocycles. The van der Waals surface area contributed by atoms with Gasteiger partial charge in [-0.2, -0.15) is 0 Å². The van der Waals surface area contributed by atoms with E-state index in [4.69, 9.17) is 13.3 Å². The normalized spacial score (nSPS) is 12.0. The summed E-state index contributed by atoms with van der Waals surface area (Å²) in [5.41, 5.74) is 20.9. The van der Waals surface area contributed by atoms with Crippen molar-refractivity contribution >= 4 is 110 Å². The second-order valence-electron chi connectivity index (χ2n) is 18.0. The van der Waals surface area contributed by atoms with Crippen molar-refractivity contribution in [3.63, 3.8) is 0 Å². The summed E-state index contributed by atoms with van der Waals surface area (Å²) in [6, 6.07) is 69.2. The Morgan fingerprint density at radius 2 is 0.690 bits per heavy atom. The standard InChI is InChI=1S/C37H22O2.C13H8Br2.C12H9BO3.CH3/c1-3-13-34-28(7-1)30-11-5-9-26(36(30)38-34)24-17-15-22-19-23-16-18-25(21-33(23)32(22)20-24)27-10-6-12-31-29-8-2-4-14-35(29)39-37(27)31;14-10-3-1-8-5-9-2-4-11(15)7-13(9)12(8)6-10;14-13(15)10-6-3-5-9-8-4-1-2-7-11(8)16-12(9)10;/h1-18,20-21H,19H2;1-4,6-7H,5H2;1-7,14-15H;1H3/q;;;-1. The Morgan fingerprint density at radius 1 is 0.338 bits per heavy atom. The van der Waals surface area contributed by atoms with Gasteiger partial charge < -0.3 is 30.7 Å². The van der Waals surface area contributed by atoms with Gasteiger partial charge in [-0.15, -0.1) is 0 Å². The number of benzene rings is 10. The summed E-state index contributed by atoms with van der Waals surface area (Å²) in [7, 11) is -1.51. The smallest absolute Gasteiger partial charge is 0.456 e. The van der Waals surface area contributed by atoms with Crippen molar-refractivity contribution < 1.29 is 23.3 Å². The molecular weight excluding hydrogens is 1010 g/mol. The van der Waals surface area contributed by atoms with Gasteiger partial charge in [0.2, 0.25) is 0 Å². The van der Waals surface area contributed by atoms with Gasteiger partial charge in [0.25, 0.3) is 0 Å². The van der Waals surface area contributed by atoms with Gasteiger partial charge in [-0.05, 0) is 123 Å². The molecular formula is C63H42BBr2O5-. The summed E-state index contributed by atoms with van der Waals surface area (Å²) >= 11 is 7.05. The Morgan fingerprint density at radius 3 is 1.13 bits per heavy atom. The summed E-state index contributed by atoms with van der Waals surface area (Å²) in [5.74, 6) is 0. The second-order valence-corrected chi connectivity index (χ2v) is 19.8. The first kappa shape index (κ1) is 44.7. The molecule has 0 atom stereocenters. The Hall–Kier alpha value is -7.46. The summed E-state index contributed by atoms with van der Waals surface area (Å²) in [6.45, 7) is 0. The van der Waals surface area contributed by atoms with Crippen LogP contribution in [-0.2, 0) is 12.8 Å². The van der Waals surface area contributed by atoms with Gasteiger partial charge in [0.15, 0.2) is 0 Å². The molecule has 0 bridgehead atoms. The fraction of sp³-hybridized carbons (Fsp3) is 0.0317. The SMILES string of the molecule is Brc1ccc2c(c1)-c1cc(Br)ccc1C2.OB(O)c1cccc2c1oc1ccccc12.[CH3-].c1ccc2c(c1)oc1c(-c3ccc4c(c3)-c3cc(-c5cccc6c5oc5ccccc56)ccc3C4)cccc12.